The number of benzene rings is 2. The smallest absolute Gasteiger partial charge is 0.324 e. The van der Waals surface area contributed by atoms with Gasteiger partial charge >= 0.3 is 5.00 Å². The van der Waals surface area contributed by atoms with Crippen molar-refractivity contribution in [2.75, 3.05) is 29.0 Å². The van der Waals surface area contributed by atoms with Gasteiger partial charge in [0.1, 0.15) is 17.7 Å². The summed E-state index contributed by atoms with van der Waals surface area (Å²) < 4.78 is 35.9. The molecule has 22 nitrogen and oxygen atoms in total. The van der Waals surface area contributed by atoms with E-state index in [0.717, 1.165) is 28.4 Å². The molecular weight excluding hydrogens is 885 g/mol. The average molecular weight is 923 g/mol. The van der Waals surface area contributed by atoms with Gasteiger partial charge in [0, 0.05) is 48.0 Å². The number of nitrogens with zero attached hydrogens (tertiary/aromatic N) is 8. The van der Waals surface area contributed by atoms with Crippen LogP contribution < -0.4 is 25.4 Å². The number of fused-ring (bicyclic) bond motifs is 1. The molecule has 7 rings (SSSR count). The Bertz CT molecular complexity index is 2890. The molecule has 0 spiro atoms. The van der Waals surface area contributed by atoms with E-state index in [4.69, 9.17) is 4.74 Å². The zero-order valence-corrected chi connectivity index (χ0v) is 36.0. The number of aryl methyl sites for hydroxylation is 3. The maximum absolute atomic E-state index is 13.3. The number of amides is 5. The lowest BCUT2D eigenvalue weighted by atomic mass is 10.0. The highest BCUT2D eigenvalue weighted by Gasteiger charge is 2.45. The van der Waals surface area contributed by atoms with Crippen LogP contribution >= 0.6 is 11.3 Å². The van der Waals surface area contributed by atoms with Crippen molar-refractivity contribution in [3.05, 3.63) is 110 Å². The van der Waals surface area contributed by atoms with Crippen LogP contribution in [0.4, 0.5) is 22.2 Å². The lowest BCUT2D eigenvalue weighted by Gasteiger charge is -2.27. The zero-order valence-electron chi connectivity index (χ0n) is 34.3. The van der Waals surface area contributed by atoms with E-state index in [1.54, 1.807) is 29.0 Å². The third-order valence-electron chi connectivity index (χ3n) is 10.1. The molecule has 2 aliphatic heterocycles. The fraction of sp³-hybridized carbons (Fsp3) is 0.268. The fourth-order valence-corrected chi connectivity index (χ4v) is 8.72. The SMILES string of the molecule is COc1nc(CCCn2cc(CCCCNc3cccc4c3C(=O)N(C3CCC(=O)NC3=O)C4=O)nn2)cnc1NS(=O)(=O)c1ccc(NC(=O)/C(C#N)=C/c2ccc([N+](=O)[O-])s2)cc1. The number of hydrogen-bond donors (Lipinski definition) is 4. The minimum absolute atomic E-state index is 0.0407. The van der Waals surface area contributed by atoms with E-state index in [9.17, 15) is 47.8 Å². The van der Waals surface area contributed by atoms with E-state index in [1.165, 1.54) is 55.8 Å². The highest BCUT2D eigenvalue weighted by molar-refractivity contribution is 7.92. The number of nitro groups is 1. The lowest BCUT2D eigenvalue weighted by Crippen LogP contribution is -2.54. The number of anilines is 3. The zero-order chi connectivity index (χ0) is 46.3. The lowest BCUT2D eigenvalue weighted by molar-refractivity contribution is -0.380. The van der Waals surface area contributed by atoms with Gasteiger partial charge in [-0.1, -0.05) is 22.6 Å². The predicted octanol–water partition coefficient (Wildman–Crippen LogP) is 3.86. The first-order valence-electron chi connectivity index (χ1n) is 19.9. The number of methoxy groups -OCH3 is 1. The minimum atomic E-state index is -4.19. The largest absolute Gasteiger partial charge is 0.478 e. The third kappa shape index (κ3) is 10.5. The van der Waals surface area contributed by atoms with E-state index < -0.39 is 50.5 Å². The Labute approximate surface area is 373 Å². The fourth-order valence-electron chi connectivity index (χ4n) is 6.95. The topological polar surface area (TPSA) is 303 Å². The second kappa shape index (κ2) is 19.6. The van der Waals surface area contributed by atoms with Gasteiger partial charge in [-0.2, -0.15) is 5.26 Å². The first kappa shape index (κ1) is 45.1. The average Bonchev–Trinajstić information content (AvgIpc) is 4.02. The predicted molar refractivity (Wildman–Crippen MR) is 232 cm³/mol. The summed E-state index contributed by atoms with van der Waals surface area (Å²) in [6.45, 7) is 1.02. The summed E-state index contributed by atoms with van der Waals surface area (Å²) in [6, 6.07) is 13.5. The molecule has 24 heteroatoms. The molecule has 0 bridgehead atoms. The van der Waals surface area contributed by atoms with Crippen LogP contribution in [0.25, 0.3) is 6.08 Å². The van der Waals surface area contributed by atoms with Gasteiger partial charge in [0.25, 0.3) is 33.6 Å². The van der Waals surface area contributed by atoms with Crippen LogP contribution in [0, 0.1) is 21.4 Å². The normalized spacial score (nSPS) is 15.0. The second-order valence-corrected chi connectivity index (χ2v) is 17.3. The maximum Gasteiger partial charge on any atom is 0.324 e. The summed E-state index contributed by atoms with van der Waals surface area (Å²) in [5, 5.41) is 36.7. The summed E-state index contributed by atoms with van der Waals surface area (Å²) in [6.07, 6.45) is 7.79. The van der Waals surface area contributed by atoms with E-state index >= 15 is 0 Å². The van der Waals surface area contributed by atoms with Crippen molar-refractivity contribution in [3.63, 3.8) is 0 Å². The van der Waals surface area contributed by atoms with Gasteiger partial charge in [0.2, 0.25) is 17.6 Å². The van der Waals surface area contributed by atoms with Crippen LogP contribution in [0.1, 0.15) is 69.1 Å². The Hall–Kier alpha value is -7.91. The number of piperidine rings is 1. The molecule has 5 heterocycles. The number of hydrogen-bond acceptors (Lipinski definition) is 17. The summed E-state index contributed by atoms with van der Waals surface area (Å²) in [5.74, 6) is -3.22. The minimum Gasteiger partial charge on any atom is -0.478 e. The van der Waals surface area contributed by atoms with Crippen LogP contribution in [0.2, 0.25) is 0 Å². The summed E-state index contributed by atoms with van der Waals surface area (Å²) >= 11 is 0.800. The number of aromatic nitrogens is 5. The molecule has 5 aromatic rings. The number of sulfonamides is 1. The molecule has 2 aliphatic rings. The summed E-state index contributed by atoms with van der Waals surface area (Å²) in [7, 11) is -2.86. The first-order chi connectivity index (χ1) is 31.2. The second-order valence-electron chi connectivity index (χ2n) is 14.5. The highest BCUT2D eigenvalue weighted by atomic mass is 32.2. The summed E-state index contributed by atoms with van der Waals surface area (Å²) in [5.41, 5.74) is 2.12. The van der Waals surface area contributed by atoms with Crippen molar-refractivity contribution in [2.24, 2.45) is 0 Å². The van der Waals surface area contributed by atoms with Gasteiger partial charge in [-0.25, -0.2) is 18.4 Å². The molecule has 2 aromatic carbocycles. The Kier molecular flexibility index (Phi) is 13.6. The number of carbonyl (C=O) groups excluding carboxylic acids is 5. The molecule has 1 fully saturated rings. The van der Waals surface area contributed by atoms with Gasteiger partial charge in [-0.15, -0.1) is 5.10 Å². The molecule has 3 aromatic heterocycles. The van der Waals surface area contributed by atoms with E-state index in [1.807, 2.05) is 6.20 Å². The quantitative estimate of drug-likeness (QED) is 0.0228. The Morgan fingerprint density at radius 2 is 1.85 bits per heavy atom. The standard InChI is InChI=1S/C41H38N12O10S2/c1-63-39-36(49-65(61,62)29-13-10-25(11-14-29)45-37(55)24(21-42)20-28-12-17-34(64-28)53(59)60)44-22-26(46-39)7-5-19-51-23-27(48-50-51)6-2-3-18-43-31-9-4-8-30-35(31)41(58)52(40(30)57)32-15-16-33(54)47-38(32)56/h4,8-14,17,20,22-23,32,43H,2-3,5-7,15-16,18-19H2,1H3,(H,44,49)(H,45,55)(H,47,54,56)/b24-20+. The Balaban J connectivity index is 0.849. The number of nitrogens with one attached hydrogen (secondary N) is 4. The van der Waals surface area contributed by atoms with E-state index in [0.29, 0.717) is 55.0 Å². The molecule has 1 saturated heterocycles. The van der Waals surface area contributed by atoms with Gasteiger partial charge < -0.3 is 15.4 Å². The van der Waals surface area contributed by atoms with Gasteiger partial charge in [0.05, 0.1) is 45.6 Å². The van der Waals surface area contributed by atoms with Crippen molar-refractivity contribution in [1.82, 2.24) is 35.2 Å². The van der Waals surface area contributed by atoms with Crippen molar-refractivity contribution in [3.8, 4) is 11.9 Å². The van der Waals surface area contributed by atoms with Crippen LogP contribution in [0.3, 0.4) is 0 Å². The molecule has 0 saturated carbocycles. The van der Waals surface area contributed by atoms with Crippen molar-refractivity contribution >= 4 is 79.2 Å². The Morgan fingerprint density at radius 3 is 2.57 bits per heavy atom. The number of nitriles is 1. The summed E-state index contributed by atoms with van der Waals surface area (Å²) in [4.78, 5) is 83.3. The van der Waals surface area contributed by atoms with Crippen LogP contribution in [0.5, 0.6) is 5.88 Å². The molecule has 5 amide bonds. The van der Waals surface area contributed by atoms with Crippen molar-refractivity contribution < 1.29 is 42.1 Å². The number of rotatable bonds is 19. The first-order valence-corrected chi connectivity index (χ1v) is 22.2. The van der Waals surface area contributed by atoms with Crippen LogP contribution in [-0.2, 0) is 43.8 Å². The van der Waals surface area contributed by atoms with Gasteiger partial charge in [-0.3, -0.25) is 53.7 Å². The molecule has 0 radical (unpaired) electrons. The third-order valence-corrected chi connectivity index (χ3v) is 12.5. The van der Waals surface area contributed by atoms with Crippen molar-refractivity contribution in [2.45, 2.75) is 62.4 Å². The number of carbonyl (C=O) groups is 5. The molecule has 334 valence electrons. The number of unbranched alkanes of at least 4 members (excludes halogenated alkanes) is 1. The number of thiophene rings is 1. The van der Waals surface area contributed by atoms with E-state index in [2.05, 4.69) is 41.0 Å². The van der Waals surface area contributed by atoms with Gasteiger partial charge in [0.15, 0.2) is 0 Å². The van der Waals surface area contributed by atoms with Crippen molar-refractivity contribution in [1.29, 1.82) is 5.26 Å². The molecule has 1 atom stereocenters. The molecule has 1 unspecified atom stereocenters. The number of imide groups is 2. The molecule has 4 N–H and O–H groups in total. The maximum atomic E-state index is 13.3. The number of ether oxygens (including phenoxy) is 1. The highest BCUT2D eigenvalue weighted by Crippen LogP contribution is 2.33. The van der Waals surface area contributed by atoms with Crippen LogP contribution in [0.15, 0.2) is 77.5 Å². The van der Waals surface area contributed by atoms with E-state index in [-0.39, 0.29) is 56.8 Å². The van der Waals surface area contributed by atoms with Crippen LogP contribution in [-0.4, -0.2) is 92.4 Å². The molecule has 0 aliphatic carbocycles. The van der Waals surface area contributed by atoms with Gasteiger partial charge in [-0.05, 0) is 87.1 Å². The molecular formula is C41H38N12O10S2. The monoisotopic (exact) mass is 922 g/mol. The molecule has 65 heavy (non-hydrogen) atoms. The Morgan fingerprint density at radius 1 is 1.06 bits per heavy atom.